The lowest BCUT2D eigenvalue weighted by molar-refractivity contribution is -0.383. The molecule has 0 aliphatic heterocycles. The standard InChI is InChI=1S/C10H10N2O5/c1-6(13)11-9-5-8(17-7(2)14)3-4-10(9)12(15)16/h3-5H,1-2H3,(H,11,13). The first kappa shape index (κ1) is 12.6. The third-order valence-electron chi connectivity index (χ3n) is 1.74. The van der Waals surface area contributed by atoms with E-state index in [9.17, 15) is 19.7 Å². The lowest BCUT2D eigenvalue weighted by Gasteiger charge is -2.06. The second-order valence-corrected chi connectivity index (χ2v) is 3.21. The average Bonchev–Trinajstić information content (AvgIpc) is 2.15. The summed E-state index contributed by atoms with van der Waals surface area (Å²) in [6, 6.07) is 3.66. The van der Waals surface area contributed by atoms with Crippen LogP contribution in [0.25, 0.3) is 0 Å². The molecule has 0 atom stereocenters. The topological polar surface area (TPSA) is 98.5 Å². The zero-order valence-corrected chi connectivity index (χ0v) is 9.22. The Kier molecular flexibility index (Phi) is 3.76. The number of nitro groups is 1. The zero-order valence-electron chi connectivity index (χ0n) is 9.22. The molecule has 0 aliphatic rings. The van der Waals surface area contributed by atoms with Crippen LogP contribution in [0.5, 0.6) is 5.75 Å². The van der Waals surface area contributed by atoms with Crippen LogP contribution in [0.4, 0.5) is 11.4 Å². The van der Waals surface area contributed by atoms with E-state index >= 15 is 0 Å². The number of nitrogens with one attached hydrogen (secondary N) is 1. The molecular weight excluding hydrogens is 228 g/mol. The van der Waals surface area contributed by atoms with Gasteiger partial charge in [-0.2, -0.15) is 0 Å². The lowest BCUT2D eigenvalue weighted by Crippen LogP contribution is -2.09. The summed E-state index contributed by atoms with van der Waals surface area (Å²) in [6.45, 7) is 2.43. The van der Waals surface area contributed by atoms with E-state index in [-0.39, 0.29) is 17.1 Å². The number of nitro benzene ring substituents is 1. The first-order chi connectivity index (χ1) is 7.90. The van der Waals surface area contributed by atoms with Crippen molar-refractivity contribution in [2.75, 3.05) is 5.32 Å². The number of nitrogens with zero attached hydrogens (tertiary/aromatic N) is 1. The number of ether oxygens (including phenoxy) is 1. The van der Waals surface area contributed by atoms with Crippen molar-refractivity contribution < 1.29 is 19.2 Å². The van der Waals surface area contributed by atoms with Gasteiger partial charge in [0.1, 0.15) is 11.4 Å². The Morgan fingerprint density at radius 1 is 1.35 bits per heavy atom. The van der Waals surface area contributed by atoms with Gasteiger partial charge in [-0.1, -0.05) is 0 Å². The van der Waals surface area contributed by atoms with Crippen LogP contribution in [-0.2, 0) is 9.59 Å². The number of amides is 1. The molecule has 7 heteroatoms. The van der Waals surface area contributed by atoms with Gasteiger partial charge >= 0.3 is 5.97 Å². The molecule has 90 valence electrons. The fourth-order valence-corrected chi connectivity index (χ4v) is 1.19. The number of anilines is 1. The Bertz CT molecular complexity index is 484. The molecule has 0 bridgehead atoms. The van der Waals surface area contributed by atoms with Crippen molar-refractivity contribution in [3.63, 3.8) is 0 Å². The smallest absolute Gasteiger partial charge is 0.308 e. The lowest BCUT2D eigenvalue weighted by atomic mass is 10.2. The van der Waals surface area contributed by atoms with Crippen molar-refractivity contribution in [2.45, 2.75) is 13.8 Å². The molecule has 0 heterocycles. The van der Waals surface area contributed by atoms with Gasteiger partial charge in [-0.3, -0.25) is 19.7 Å². The predicted octanol–water partition coefficient (Wildman–Crippen LogP) is 1.48. The van der Waals surface area contributed by atoms with Crippen LogP contribution in [0, 0.1) is 10.1 Å². The van der Waals surface area contributed by atoms with Crippen LogP contribution in [0.15, 0.2) is 18.2 Å². The highest BCUT2D eigenvalue weighted by Gasteiger charge is 2.16. The Morgan fingerprint density at radius 2 is 2.00 bits per heavy atom. The molecule has 1 rings (SSSR count). The monoisotopic (exact) mass is 238 g/mol. The number of benzene rings is 1. The normalized spacial score (nSPS) is 9.53. The Hall–Kier alpha value is -2.44. The van der Waals surface area contributed by atoms with Gasteiger partial charge in [0, 0.05) is 26.0 Å². The SMILES string of the molecule is CC(=O)Nc1cc(OC(C)=O)ccc1[N+](=O)[O-]. The van der Waals surface area contributed by atoms with E-state index in [1.54, 1.807) is 0 Å². The van der Waals surface area contributed by atoms with Crippen LogP contribution >= 0.6 is 0 Å². The first-order valence-electron chi connectivity index (χ1n) is 4.64. The maximum atomic E-state index is 10.9. The van der Waals surface area contributed by atoms with Crippen molar-refractivity contribution in [2.24, 2.45) is 0 Å². The van der Waals surface area contributed by atoms with Crippen LogP contribution < -0.4 is 10.1 Å². The molecule has 0 spiro atoms. The molecule has 0 aliphatic carbocycles. The van der Waals surface area contributed by atoms with Gasteiger partial charge in [0.25, 0.3) is 5.69 Å². The highest BCUT2D eigenvalue weighted by atomic mass is 16.6. The summed E-state index contributed by atoms with van der Waals surface area (Å²) in [6.07, 6.45) is 0. The number of carbonyl (C=O) groups is 2. The molecule has 0 saturated heterocycles. The second kappa shape index (κ2) is 5.06. The number of esters is 1. The highest BCUT2D eigenvalue weighted by molar-refractivity contribution is 5.91. The van der Waals surface area contributed by atoms with Gasteiger partial charge in [-0.25, -0.2) is 0 Å². The molecular formula is C10H10N2O5. The summed E-state index contributed by atoms with van der Waals surface area (Å²) in [5, 5.41) is 13.0. The van der Waals surface area contributed by atoms with Crippen molar-refractivity contribution in [1.82, 2.24) is 0 Å². The third kappa shape index (κ3) is 3.56. The molecule has 17 heavy (non-hydrogen) atoms. The van der Waals surface area contributed by atoms with Gasteiger partial charge < -0.3 is 10.1 Å². The number of rotatable bonds is 3. The third-order valence-corrected chi connectivity index (χ3v) is 1.74. The van der Waals surface area contributed by atoms with Crippen LogP contribution in [0.1, 0.15) is 13.8 Å². The number of hydrogen-bond acceptors (Lipinski definition) is 5. The number of carbonyl (C=O) groups excluding carboxylic acids is 2. The van der Waals surface area contributed by atoms with E-state index in [2.05, 4.69) is 5.32 Å². The molecule has 7 nitrogen and oxygen atoms in total. The summed E-state index contributed by atoms with van der Waals surface area (Å²) in [4.78, 5) is 31.6. The van der Waals surface area contributed by atoms with Gasteiger partial charge in [0.05, 0.1) is 4.92 Å². The van der Waals surface area contributed by atoms with E-state index in [0.717, 1.165) is 6.07 Å². The summed E-state index contributed by atoms with van der Waals surface area (Å²) in [5.41, 5.74) is -0.280. The predicted molar refractivity (Wildman–Crippen MR) is 58.7 cm³/mol. The average molecular weight is 238 g/mol. The fraction of sp³-hybridized carbons (Fsp3) is 0.200. The van der Waals surface area contributed by atoms with E-state index in [4.69, 9.17) is 4.74 Å². The van der Waals surface area contributed by atoms with Gasteiger partial charge in [0.15, 0.2) is 0 Å². The van der Waals surface area contributed by atoms with Gasteiger partial charge in [-0.15, -0.1) is 0 Å². The first-order valence-corrected chi connectivity index (χ1v) is 4.64. The van der Waals surface area contributed by atoms with Crippen LogP contribution in [0.3, 0.4) is 0 Å². The molecule has 1 amide bonds. The zero-order chi connectivity index (χ0) is 13.0. The van der Waals surface area contributed by atoms with Gasteiger partial charge in [0.2, 0.25) is 5.91 Å². The summed E-state index contributed by atoms with van der Waals surface area (Å²) in [5.74, 6) is -0.868. The summed E-state index contributed by atoms with van der Waals surface area (Å²) < 4.78 is 4.76. The van der Waals surface area contributed by atoms with Crippen molar-refractivity contribution in [3.05, 3.63) is 28.3 Å². The van der Waals surface area contributed by atoms with Crippen LogP contribution in [0.2, 0.25) is 0 Å². The second-order valence-electron chi connectivity index (χ2n) is 3.21. The van der Waals surface area contributed by atoms with Crippen molar-refractivity contribution >= 4 is 23.3 Å². The molecule has 1 N–H and O–H groups in total. The maximum absolute atomic E-state index is 10.9. The van der Waals surface area contributed by atoms with E-state index in [0.29, 0.717) is 0 Å². The van der Waals surface area contributed by atoms with Crippen molar-refractivity contribution in [3.8, 4) is 5.75 Å². The minimum atomic E-state index is -0.636. The minimum absolute atomic E-state index is 0.0127. The van der Waals surface area contributed by atoms with Gasteiger partial charge in [-0.05, 0) is 6.07 Å². The maximum Gasteiger partial charge on any atom is 0.308 e. The highest BCUT2D eigenvalue weighted by Crippen LogP contribution is 2.28. The molecule has 0 fully saturated rings. The number of hydrogen-bond donors (Lipinski definition) is 1. The van der Waals surface area contributed by atoms with Crippen molar-refractivity contribution in [1.29, 1.82) is 0 Å². The summed E-state index contributed by atoms with van der Waals surface area (Å²) in [7, 11) is 0. The van der Waals surface area contributed by atoms with E-state index < -0.39 is 16.8 Å². The van der Waals surface area contributed by atoms with E-state index in [1.807, 2.05) is 0 Å². The largest absolute Gasteiger partial charge is 0.427 e. The molecule has 0 aromatic heterocycles. The van der Waals surface area contributed by atoms with E-state index in [1.165, 1.54) is 26.0 Å². The molecule has 0 saturated carbocycles. The molecule has 0 radical (unpaired) electrons. The molecule has 1 aromatic rings. The molecule has 0 unspecified atom stereocenters. The quantitative estimate of drug-likeness (QED) is 0.372. The van der Waals surface area contributed by atoms with Crippen LogP contribution in [-0.4, -0.2) is 16.8 Å². The minimum Gasteiger partial charge on any atom is -0.427 e. The molecule has 1 aromatic carbocycles. The Labute approximate surface area is 96.5 Å². The fourth-order valence-electron chi connectivity index (χ4n) is 1.19. The Morgan fingerprint density at radius 3 is 2.47 bits per heavy atom. The Balaban J connectivity index is 3.13. The summed E-state index contributed by atoms with van der Waals surface area (Å²) >= 11 is 0.